The number of thioether (sulfide) groups is 2. The molecule has 0 spiro atoms. The normalized spacial score (nSPS) is 11.1. The monoisotopic (exact) mass is 408 g/mol. The van der Waals surface area contributed by atoms with Gasteiger partial charge in [-0.15, -0.1) is 0 Å². The van der Waals surface area contributed by atoms with Crippen molar-refractivity contribution in [1.82, 2.24) is 0 Å². The summed E-state index contributed by atoms with van der Waals surface area (Å²) >= 11 is 1.49. The topological polar surface area (TPSA) is 34.1 Å². The van der Waals surface area contributed by atoms with Gasteiger partial charge in [0.2, 0.25) is 10.2 Å². The molecule has 0 fully saturated rings. The smallest absolute Gasteiger partial charge is 0.282 e. The minimum Gasteiger partial charge on any atom is -0.282 e. The van der Waals surface area contributed by atoms with Crippen LogP contribution in [0.4, 0.5) is 13.2 Å². The van der Waals surface area contributed by atoms with Gasteiger partial charge in [0.05, 0.1) is 5.56 Å². The van der Waals surface area contributed by atoms with Crippen LogP contribution in [0.5, 0.6) is 0 Å². The maximum absolute atomic E-state index is 13.4. The average molecular weight is 408 g/mol. The zero-order valence-electron chi connectivity index (χ0n) is 14.3. The minimum absolute atomic E-state index is 0.164. The third-order valence-corrected chi connectivity index (χ3v) is 5.39. The molecule has 140 valence electrons. The zero-order chi connectivity index (χ0) is 20.2. The SMILES string of the molecule is C=CC(=O)Sc1ccc(-c2ccc(SC(=O)C(=C)C)c(C(F)(F)F)c2)cc1. The van der Waals surface area contributed by atoms with Crippen LogP contribution in [0, 0.1) is 0 Å². The van der Waals surface area contributed by atoms with E-state index in [0.717, 1.165) is 17.8 Å². The van der Waals surface area contributed by atoms with Gasteiger partial charge in [-0.1, -0.05) is 31.4 Å². The van der Waals surface area contributed by atoms with E-state index < -0.39 is 16.9 Å². The van der Waals surface area contributed by atoms with E-state index in [1.165, 1.54) is 25.1 Å². The van der Waals surface area contributed by atoms with E-state index in [0.29, 0.717) is 27.8 Å². The van der Waals surface area contributed by atoms with Gasteiger partial charge in [-0.2, -0.15) is 13.2 Å². The van der Waals surface area contributed by atoms with Crippen molar-refractivity contribution in [2.45, 2.75) is 22.9 Å². The lowest BCUT2D eigenvalue weighted by Crippen LogP contribution is -2.08. The summed E-state index contributed by atoms with van der Waals surface area (Å²) < 4.78 is 40.3. The Labute approximate surface area is 163 Å². The second kappa shape index (κ2) is 8.63. The molecule has 0 aliphatic rings. The Morgan fingerprint density at radius 3 is 2.11 bits per heavy atom. The first-order valence-corrected chi connectivity index (χ1v) is 9.28. The standard InChI is InChI=1S/C20H15F3O2S2/c1-4-18(24)26-15-8-5-13(6-9-15)14-7-10-17(27-19(25)12(2)3)16(11-14)20(21,22)23/h4-11H,1-2H2,3H3. The first-order chi connectivity index (χ1) is 12.6. The summed E-state index contributed by atoms with van der Waals surface area (Å²) in [6.07, 6.45) is -3.41. The van der Waals surface area contributed by atoms with Crippen molar-refractivity contribution in [2.24, 2.45) is 0 Å². The van der Waals surface area contributed by atoms with Crippen LogP contribution < -0.4 is 0 Å². The number of carbonyl (C=O) groups excluding carboxylic acids is 2. The lowest BCUT2D eigenvalue weighted by Gasteiger charge is -2.14. The predicted molar refractivity (Wildman–Crippen MR) is 104 cm³/mol. The second-order valence-corrected chi connectivity index (χ2v) is 7.62. The largest absolute Gasteiger partial charge is 0.417 e. The molecule has 0 heterocycles. The molecular formula is C20H15F3O2S2. The predicted octanol–water partition coefficient (Wildman–Crippen LogP) is 6.37. The van der Waals surface area contributed by atoms with Crippen LogP contribution in [0.25, 0.3) is 11.1 Å². The molecule has 2 nitrogen and oxygen atoms in total. The summed E-state index contributed by atoms with van der Waals surface area (Å²) in [6.45, 7) is 8.30. The molecule has 0 bridgehead atoms. The minimum atomic E-state index is -4.60. The molecule has 0 saturated heterocycles. The Balaban J connectivity index is 2.38. The van der Waals surface area contributed by atoms with Crippen molar-refractivity contribution in [1.29, 1.82) is 0 Å². The van der Waals surface area contributed by atoms with Crippen LogP contribution >= 0.6 is 23.5 Å². The third kappa shape index (κ3) is 5.61. The van der Waals surface area contributed by atoms with Crippen molar-refractivity contribution < 1.29 is 22.8 Å². The van der Waals surface area contributed by atoms with Crippen molar-refractivity contribution in [3.05, 3.63) is 72.8 Å². The van der Waals surface area contributed by atoms with E-state index in [1.807, 2.05) is 0 Å². The first kappa shape index (κ1) is 21.1. The number of hydrogen-bond donors (Lipinski definition) is 0. The molecule has 0 saturated carbocycles. The third-order valence-electron chi connectivity index (χ3n) is 3.41. The molecule has 2 rings (SSSR count). The Kier molecular flexibility index (Phi) is 6.73. The Morgan fingerprint density at radius 2 is 1.59 bits per heavy atom. The van der Waals surface area contributed by atoms with Crippen LogP contribution in [0.1, 0.15) is 12.5 Å². The maximum Gasteiger partial charge on any atom is 0.417 e. The molecular weight excluding hydrogens is 393 g/mol. The first-order valence-electron chi connectivity index (χ1n) is 7.65. The highest BCUT2D eigenvalue weighted by molar-refractivity contribution is 8.14. The fourth-order valence-electron chi connectivity index (χ4n) is 2.08. The molecule has 27 heavy (non-hydrogen) atoms. The Bertz CT molecular complexity index is 900. The molecule has 0 N–H and O–H groups in total. The maximum atomic E-state index is 13.4. The quantitative estimate of drug-likeness (QED) is 0.425. The van der Waals surface area contributed by atoms with E-state index in [1.54, 1.807) is 24.3 Å². The van der Waals surface area contributed by atoms with Crippen molar-refractivity contribution in [3.63, 3.8) is 0 Å². The van der Waals surface area contributed by atoms with E-state index in [4.69, 9.17) is 0 Å². The lowest BCUT2D eigenvalue weighted by molar-refractivity contribution is -0.139. The highest BCUT2D eigenvalue weighted by Crippen LogP contribution is 2.40. The van der Waals surface area contributed by atoms with Gasteiger partial charge in [0.1, 0.15) is 0 Å². The summed E-state index contributed by atoms with van der Waals surface area (Å²) in [5, 5.41) is -0.729. The molecule has 0 aliphatic heterocycles. The molecule has 0 unspecified atom stereocenters. The highest BCUT2D eigenvalue weighted by Gasteiger charge is 2.34. The van der Waals surface area contributed by atoms with Crippen molar-refractivity contribution in [3.8, 4) is 11.1 Å². The summed E-state index contributed by atoms with van der Waals surface area (Å²) in [5.41, 5.74) is 0.235. The molecule has 2 aromatic carbocycles. The van der Waals surface area contributed by atoms with Gasteiger partial charge in [0.25, 0.3) is 0 Å². The summed E-state index contributed by atoms with van der Waals surface area (Å²) in [4.78, 5) is 23.6. The van der Waals surface area contributed by atoms with Crippen LogP contribution in [0.15, 0.2) is 77.1 Å². The van der Waals surface area contributed by atoms with Crippen LogP contribution in [-0.4, -0.2) is 10.2 Å². The highest BCUT2D eigenvalue weighted by atomic mass is 32.2. The van der Waals surface area contributed by atoms with Crippen LogP contribution in [-0.2, 0) is 15.8 Å². The van der Waals surface area contributed by atoms with Crippen LogP contribution in [0.3, 0.4) is 0 Å². The molecule has 0 aromatic heterocycles. The molecule has 0 amide bonds. The van der Waals surface area contributed by atoms with E-state index in [9.17, 15) is 22.8 Å². The van der Waals surface area contributed by atoms with Crippen molar-refractivity contribution >= 4 is 33.8 Å². The van der Waals surface area contributed by atoms with Gasteiger partial charge < -0.3 is 0 Å². The molecule has 0 aliphatic carbocycles. The van der Waals surface area contributed by atoms with Gasteiger partial charge in [-0.25, -0.2) is 0 Å². The van der Waals surface area contributed by atoms with Gasteiger partial charge in [-0.05, 0) is 77.5 Å². The number of benzene rings is 2. The fourth-order valence-corrected chi connectivity index (χ4v) is 3.46. The van der Waals surface area contributed by atoms with E-state index in [2.05, 4.69) is 13.2 Å². The molecule has 2 aromatic rings. The molecule has 0 radical (unpaired) electrons. The second-order valence-electron chi connectivity index (χ2n) is 5.53. The fraction of sp³-hybridized carbons (Fsp3) is 0.100. The van der Waals surface area contributed by atoms with Gasteiger partial charge >= 0.3 is 6.18 Å². The van der Waals surface area contributed by atoms with E-state index >= 15 is 0 Å². The number of rotatable bonds is 5. The van der Waals surface area contributed by atoms with Crippen LogP contribution in [0.2, 0.25) is 0 Å². The number of hydrogen-bond acceptors (Lipinski definition) is 4. The van der Waals surface area contributed by atoms with Gasteiger partial charge in [-0.3, -0.25) is 9.59 Å². The zero-order valence-corrected chi connectivity index (χ0v) is 15.9. The van der Waals surface area contributed by atoms with Crippen molar-refractivity contribution in [2.75, 3.05) is 0 Å². The van der Waals surface area contributed by atoms with E-state index in [-0.39, 0.29) is 15.6 Å². The average Bonchev–Trinajstić information content (AvgIpc) is 2.61. The molecule has 0 atom stereocenters. The molecule has 7 heteroatoms. The van der Waals surface area contributed by atoms with Gasteiger partial charge in [0, 0.05) is 9.79 Å². The summed E-state index contributed by atoms with van der Waals surface area (Å²) in [6, 6.07) is 10.4. The Morgan fingerprint density at radius 1 is 1.00 bits per heavy atom. The number of carbonyl (C=O) groups is 2. The number of alkyl halides is 3. The lowest BCUT2D eigenvalue weighted by atomic mass is 10.0. The van der Waals surface area contributed by atoms with Gasteiger partial charge in [0.15, 0.2) is 0 Å². The summed E-state index contributed by atoms with van der Waals surface area (Å²) in [5.74, 6) is 0. The summed E-state index contributed by atoms with van der Waals surface area (Å²) in [7, 11) is 0. The number of halogens is 3. The Hall–Kier alpha value is -2.25.